The van der Waals surface area contributed by atoms with E-state index in [2.05, 4.69) is 62.2 Å². The number of nitrogens with zero attached hydrogens (tertiary/aromatic N) is 1. The van der Waals surface area contributed by atoms with E-state index in [1.165, 1.54) is 30.5 Å². The molecular formula is C19H30N2. The van der Waals surface area contributed by atoms with Gasteiger partial charge < -0.3 is 5.32 Å². The summed E-state index contributed by atoms with van der Waals surface area (Å²) in [4.78, 5) is 2.76. The van der Waals surface area contributed by atoms with E-state index >= 15 is 0 Å². The van der Waals surface area contributed by atoms with Crippen LogP contribution in [0.5, 0.6) is 0 Å². The minimum atomic E-state index is 0.515. The summed E-state index contributed by atoms with van der Waals surface area (Å²) in [6.07, 6.45) is 2.85. The Morgan fingerprint density at radius 2 is 1.76 bits per heavy atom. The van der Waals surface area contributed by atoms with Crippen molar-refractivity contribution in [2.75, 3.05) is 13.1 Å². The van der Waals surface area contributed by atoms with E-state index in [1.54, 1.807) is 0 Å². The third kappa shape index (κ3) is 3.32. The Morgan fingerprint density at radius 1 is 1.10 bits per heavy atom. The summed E-state index contributed by atoms with van der Waals surface area (Å²) in [7, 11) is 0. The lowest BCUT2D eigenvalue weighted by Gasteiger charge is -2.46. The Hall–Kier alpha value is -0.860. The molecule has 3 atom stereocenters. The van der Waals surface area contributed by atoms with Gasteiger partial charge in [-0.25, -0.2) is 0 Å². The quantitative estimate of drug-likeness (QED) is 0.906. The van der Waals surface area contributed by atoms with Crippen LogP contribution in [0.3, 0.4) is 0 Å². The largest absolute Gasteiger partial charge is 0.311 e. The number of rotatable bonds is 4. The molecule has 1 aliphatic heterocycles. The zero-order valence-electron chi connectivity index (χ0n) is 14.0. The number of nitrogens with one attached hydrogen (secondary N) is 1. The van der Waals surface area contributed by atoms with Crippen LogP contribution in [0.1, 0.15) is 50.8 Å². The van der Waals surface area contributed by atoms with E-state index in [1.807, 2.05) is 0 Å². The van der Waals surface area contributed by atoms with Crippen molar-refractivity contribution >= 4 is 0 Å². The fourth-order valence-electron chi connectivity index (χ4n) is 3.73. The van der Waals surface area contributed by atoms with Gasteiger partial charge in [0, 0.05) is 31.2 Å². The second-order valence-electron chi connectivity index (χ2n) is 7.45. The topological polar surface area (TPSA) is 15.3 Å². The first-order valence-corrected chi connectivity index (χ1v) is 8.62. The molecule has 0 bridgehead atoms. The normalized spacial score (nSPS) is 28.8. The lowest BCUT2D eigenvalue weighted by atomic mass is 9.93. The molecule has 21 heavy (non-hydrogen) atoms. The highest BCUT2D eigenvalue weighted by Gasteiger charge is 2.39. The molecule has 2 heteroatoms. The van der Waals surface area contributed by atoms with Gasteiger partial charge in [0.25, 0.3) is 0 Å². The van der Waals surface area contributed by atoms with Crippen LogP contribution in [0.4, 0.5) is 0 Å². The summed E-state index contributed by atoms with van der Waals surface area (Å²) in [6.45, 7) is 11.6. The Kier molecular flexibility index (Phi) is 4.37. The smallest absolute Gasteiger partial charge is 0.0324 e. The van der Waals surface area contributed by atoms with Crippen molar-refractivity contribution in [1.82, 2.24) is 10.2 Å². The van der Waals surface area contributed by atoms with Crippen LogP contribution in [-0.4, -0.2) is 30.1 Å². The number of hydrogen-bond donors (Lipinski definition) is 1. The van der Waals surface area contributed by atoms with Gasteiger partial charge in [-0.3, -0.25) is 4.90 Å². The van der Waals surface area contributed by atoms with Crippen LogP contribution in [0.25, 0.3) is 0 Å². The van der Waals surface area contributed by atoms with E-state index < -0.39 is 0 Å². The van der Waals surface area contributed by atoms with Crippen LogP contribution < -0.4 is 5.32 Å². The maximum atomic E-state index is 3.82. The van der Waals surface area contributed by atoms with Gasteiger partial charge in [-0.15, -0.1) is 0 Å². The van der Waals surface area contributed by atoms with Gasteiger partial charge in [-0.1, -0.05) is 43.7 Å². The molecule has 0 aromatic heterocycles. The average molecular weight is 286 g/mol. The summed E-state index contributed by atoms with van der Waals surface area (Å²) in [5, 5.41) is 3.82. The summed E-state index contributed by atoms with van der Waals surface area (Å²) >= 11 is 0. The van der Waals surface area contributed by atoms with Crippen LogP contribution in [-0.2, 0) is 0 Å². The van der Waals surface area contributed by atoms with E-state index in [-0.39, 0.29) is 0 Å². The molecule has 1 aromatic carbocycles. The third-order valence-corrected chi connectivity index (χ3v) is 5.44. The fourth-order valence-corrected chi connectivity index (χ4v) is 3.73. The SMILES string of the molecule is Cc1ccc(C(C)N2CC(C3CC3)NCC2C(C)C)cc1. The molecule has 1 aromatic rings. The zero-order valence-corrected chi connectivity index (χ0v) is 14.0. The van der Waals surface area contributed by atoms with Crippen molar-refractivity contribution in [2.24, 2.45) is 11.8 Å². The van der Waals surface area contributed by atoms with Gasteiger partial charge in [0.05, 0.1) is 0 Å². The number of hydrogen-bond acceptors (Lipinski definition) is 2. The molecule has 1 aliphatic carbocycles. The highest BCUT2D eigenvalue weighted by Crippen LogP contribution is 2.37. The van der Waals surface area contributed by atoms with Crippen molar-refractivity contribution in [2.45, 2.75) is 58.7 Å². The minimum absolute atomic E-state index is 0.515. The van der Waals surface area contributed by atoms with Crippen LogP contribution in [0.2, 0.25) is 0 Å². The zero-order chi connectivity index (χ0) is 15.0. The summed E-state index contributed by atoms with van der Waals surface area (Å²) in [5.41, 5.74) is 2.81. The average Bonchev–Trinajstić information content (AvgIpc) is 3.31. The monoisotopic (exact) mass is 286 g/mol. The molecule has 0 amide bonds. The Labute approximate surface area is 129 Å². The lowest BCUT2D eigenvalue weighted by Crippen LogP contribution is -2.59. The Balaban J connectivity index is 1.78. The number of benzene rings is 1. The van der Waals surface area contributed by atoms with E-state index in [0.717, 1.165) is 12.5 Å². The number of aryl methyl sites for hydroxylation is 1. The molecule has 1 saturated heterocycles. The lowest BCUT2D eigenvalue weighted by molar-refractivity contribution is 0.0569. The Morgan fingerprint density at radius 3 is 2.33 bits per heavy atom. The van der Waals surface area contributed by atoms with Gasteiger partial charge in [-0.2, -0.15) is 0 Å². The second-order valence-corrected chi connectivity index (χ2v) is 7.45. The second kappa shape index (κ2) is 6.10. The van der Waals surface area contributed by atoms with Gasteiger partial charge in [0.1, 0.15) is 0 Å². The highest BCUT2D eigenvalue weighted by molar-refractivity contribution is 5.24. The van der Waals surface area contributed by atoms with E-state index in [0.29, 0.717) is 24.0 Å². The standard InChI is InChI=1S/C19H30N2/c1-13(2)19-11-20-18(17-9-10-17)12-21(19)15(4)16-7-5-14(3)6-8-16/h5-8,13,15,17-20H,9-12H2,1-4H3. The van der Waals surface area contributed by atoms with E-state index in [9.17, 15) is 0 Å². The molecule has 2 aliphatic rings. The van der Waals surface area contributed by atoms with E-state index in [4.69, 9.17) is 0 Å². The van der Waals surface area contributed by atoms with Crippen molar-refractivity contribution in [3.63, 3.8) is 0 Å². The molecule has 1 saturated carbocycles. The third-order valence-electron chi connectivity index (χ3n) is 5.44. The summed E-state index contributed by atoms with van der Waals surface area (Å²) in [6, 6.07) is 11.0. The molecule has 1 N–H and O–H groups in total. The first-order valence-electron chi connectivity index (χ1n) is 8.62. The molecule has 3 unspecified atom stereocenters. The molecule has 1 heterocycles. The molecule has 0 radical (unpaired) electrons. The molecule has 2 fully saturated rings. The minimum Gasteiger partial charge on any atom is -0.311 e. The first-order chi connectivity index (χ1) is 10.1. The highest BCUT2D eigenvalue weighted by atomic mass is 15.3. The molecule has 116 valence electrons. The van der Waals surface area contributed by atoms with Crippen LogP contribution in [0, 0.1) is 18.8 Å². The van der Waals surface area contributed by atoms with Crippen molar-refractivity contribution in [3.05, 3.63) is 35.4 Å². The van der Waals surface area contributed by atoms with Gasteiger partial charge in [-0.05, 0) is 44.1 Å². The summed E-state index contributed by atoms with van der Waals surface area (Å²) in [5.74, 6) is 1.64. The summed E-state index contributed by atoms with van der Waals surface area (Å²) < 4.78 is 0. The molecule has 3 rings (SSSR count). The van der Waals surface area contributed by atoms with Gasteiger partial charge >= 0.3 is 0 Å². The van der Waals surface area contributed by atoms with Gasteiger partial charge in [0.2, 0.25) is 0 Å². The molecule has 2 nitrogen and oxygen atoms in total. The van der Waals surface area contributed by atoms with Crippen molar-refractivity contribution < 1.29 is 0 Å². The predicted octanol–water partition coefficient (Wildman–Crippen LogP) is 3.76. The van der Waals surface area contributed by atoms with Gasteiger partial charge in [0.15, 0.2) is 0 Å². The van der Waals surface area contributed by atoms with Crippen molar-refractivity contribution in [3.8, 4) is 0 Å². The maximum Gasteiger partial charge on any atom is 0.0324 e. The van der Waals surface area contributed by atoms with Crippen LogP contribution in [0.15, 0.2) is 24.3 Å². The Bertz CT molecular complexity index is 461. The van der Waals surface area contributed by atoms with Crippen molar-refractivity contribution in [1.29, 1.82) is 0 Å². The fraction of sp³-hybridized carbons (Fsp3) is 0.684. The maximum absolute atomic E-state index is 3.82. The van der Waals surface area contributed by atoms with Crippen LogP contribution >= 0.6 is 0 Å². The first kappa shape index (κ1) is 15.1. The molecular weight excluding hydrogens is 256 g/mol. The predicted molar refractivity (Wildman–Crippen MR) is 89.4 cm³/mol. The number of piperazine rings is 1. The molecule has 0 spiro atoms.